The molecule has 19 heavy (non-hydrogen) atoms. The van der Waals surface area contributed by atoms with Crippen LogP contribution in [0.3, 0.4) is 0 Å². The highest BCUT2D eigenvalue weighted by atomic mass is 127. The van der Waals surface area contributed by atoms with Crippen LogP contribution >= 0.6 is 38.5 Å². The minimum Gasteiger partial charge on any atom is -0.507 e. The summed E-state index contributed by atoms with van der Waals surface area (Å²) in [7, 11) is 0. The van der Waals surface area contributed by atoms with Gasteiger partial charge in [-0.2, -0.15) is 0 Å². The third kappa shape index (κ3) is 3.44. The van der Waals surface area contributed by atoms with Crippen LogP contribution in [0.1, 0.15) is 10.4 Å². The summed E-state index contributed by atoms with van der Waals surface area (Å²) in [6, 6.07) is 8.62. The largest absolute Gasteiger partial charge is 0.507 e. The summed E-state index contributed by atoms with van der Waals surface area (Å²) < 4.78 is 14.1. The zero-order valence-electron chi connectivity index (χ0n) is 9.45. The number of phenols is 1. The van der Waals surface area contributed by atoms with Gasteiger partial charge < -0.3 is 10.4 Å². The fourth-order valence-corrected chi connectivity index (χ4v) is 2.30. The minimum absolute atomic E-state index is 0.0125. The van der Waals surface area contributed by atoms with E-state index >= 15 is 0 Å². The lowest BCUT2D eigenvalue weighted by Gasteiger charge is -2.08. The van der Waals surface area contributed by atoms with Gasteiger partial charge in [-0.05, 0) is 74.9 Å². The molecule has 2 aromatic carbocycles. The van der Waals surface area contributed by atoms with Crippen LogP contribution < -0.4 is 5.32 Å². The normalized spacial score (nSPS) is 10.3. The SMILES string of the molecule is O=C(Nc1ccc(F)cc1I)c1ccc(Br)c(O)c1. The number of halogens is 3. The molecule has 2 rings (SSSR count). The van der Waals surface area contributed by atoms with Crippen molar-refractivity contribution >= 4 is 50.1 Å². The molecule has 1 amide bonds. The van der Waals surface area contributed by atoms with Crippen LogP contribution in [0.5, 0.6) is 5.75 Å². The molecule has 0 bridgehead atoms. The van der Waals surface area contributed by atoms with Gasteiger partial charge in [-0.15, -0.1) is 0 Å². The van der Waals surface area contributed by atoms with Crippen LogP contribution in [0, 0.1) is 9.39 Å². The molecular formula is C13H8BrFINO2. The van der Waals surface area contributed by atoms with Crippen LogP contribution in [0.2, 0.25) is 0 Å². The second kappa shape index (κ2) is 5.87. The number of amides is 1. The van der Waals surface area contributed by atoms with Crippen molar-refractivity contribution in [3.05, 3.63) is 55.8 Å². The van der Waals surface area contributed by atoms with Gasteiger partial charge in [-0.25, -0.2) is 4.39 Å². The Hall–Kier alpha value is -1.15. The smallest absolute Gasteiger partial charge is 0.255 e. The fraction of sp³-hybridized carbons (Fsp3) is 0. The molecule has 6 heteroatoms. The standard InChI is InChI=1S/C13H8BrFINO2/c14-9-3-1-7(5-12(9)18)13(19)17-11-4-2-8(15)6-10(11)16/h1-6,18H,(H,17,19). The van der Waals surface area contributed by atoms with Gasteiger partial charge in [0.15, 0.2) is 0 Å². The van der Waals surface area contributed by atoms with E-state index in [0.29, 0.717) is 19.3 Å². The maximum Gasteiger partial charge on any atom is 0.255 e. The van der Waals surface area contributed by atoms with Crippen molar-refractivity contribution in [2.75, 3.05) is 5.32 Å². The molecule has 0 saturated carbocycles. The molecule has 0 unspecified atom stereocenters. The molecule has 0 aromatic heterocycles. The van der Waals surface area contributed by atoms with Gasteiger partial charge in [0.05, 0.1) is 10.2 Å². The first kappa shape index (κ1) is 14.3. The summed E-state index contributed by atoms with van der Waals surface area (Å²) in [6.45, 7) is 0. The van der Waals surface area contributed by atoms with Crippen molar-refractivity contribution in [3.8, 4) is 5.75 Å². The van der Waals surface area contributed by atoms with E-state index in [1.54, 1.807) is 12.1 Å². The van der Waals surface area contributed by atoms with Crippen LogP contribution in [-0.2, 0) is 0 Å². The number of hydrogen-bond donors (Lipinski definition) is 2. The Balaban J connectivity index is 2.23. The van der Waals surface area contributed by atoms with Crippen molar-refractivity contribution in [1.82, 2.24) is 0 Å². The van der Waals surface area contributed by atoms with Gasteiger partial charge in [-0.3, -0.25) is 4.79 Å². The first-order chi connectivity index (χ1) is 8.97. The van der Waals surface area contributed by atoms with Crippen molar-refractivity contribution in [3.63, 3.8) is 0 Å². The molecule has 0 heterocycles. The topological polar surface area (TPSA) is 49.3 Å². The number of phenolic OH excluding ortho intramolecular Hbond substituents is 1. The van der Waals surface area contributed by atoms with Gasteiger partial charge in [0.25, 0.3) is 5.91 Å². The highest BCUT2D eigenvalue weighted by Gasteiger charge is 2.10. The maximum absolute atomic E-state index is 12.9. The minimum atomic E-state index is -0.368. The van der Waals surface area contributed by atoms with Gasteiger partial charge in [-0.1, -0.05) is 0 Å². The highest BCUT2D eigenvalue weighted by Crippen LogP contribution is 2.25. The summed E-state index contributed by atoms with van der Waals surface area (Å²) >= 11 is 5.08. The molecule has 0 atom stereocenters. The molecule has 0 spiro atoms. The average molecular weight is 436 g/mol. The molecule has 3 nitrogen and oxygen atoms in total. The van der Waals surface area contributed by atoms with Crippen LogP contribution in [0.4, 0.5) is 10.1 Å². The van der Waals surface area contributed by atoms with Crippen molar-refractivity contribution < 1.29 is 14.3 Å². The molecule has 2 aromatic rings. The van der Waals surface area contributed by atoms with Gasteiger partial charge in [0.2, 0.25) is 0 Å². The molecule has 0 aliphatic carbocycles. The predicted molar refractivity (Wildman–Crippen MR) is 82.9 cm³/mol. The number of carbonyl (C=O) groups is 1. The third-order valence-electron chi connectivity index (χ3n) is 2.39. The molecule has 0 saturated heterocycles. The summed E-state index contributed by atoms with van der Waals surface area (Å²) in [4.78, 5) is 12.0. The summed E-state index contributed by atoms with van der Waals surface area (Å²) in [5.41, 5.74) is 0.843. The molecule has 0 radical (unpaired) electrons. The average Bonchev–Trinajstić information content (AvgIpc) is 2.36. The highest BCUT2D eigenvalue weighted by molar-refractivity contribution is 14.1. The van der Waals surface area contributed by atoms with Crippen LogP contribution in [0.25, 0.3) is 0 Å². The van der Waals surface area contributed by atoms with E-state index < -0.39 is 0 Å². The number of carbonyl (C=O) groups excluding carboxylic acids is 1. The lowest BCUT2D eigenvalue weighted by Crippen LogP contribution is -2.12. The molecule has 98 valence electrons. The molecule has 0 fully saturated rings. The van der Waals surface area contributed by atoms with Crippen molar-refractivity contribution in [2.45, 2.75) is 0 Å². The first-order valence-electron chi connectivity index (χ1n) is 5.22. The Kier molecular flexibility index (Phi) is 4.41. The van der Waals surface area contributed by atoms with E-state index in [2.05, 4.69) is 21.2 Å². The number of benzene rings is 2. The number of anilines is 1. The van der Waals surface area contributed by atoms with E-state index in [-0.39, 0.29) is 17.5 Å². The lowest BCUT2D eigenvalue weighted by molar-refractivity contribution is 0.102. The number of hydrogen-bond acceptors (Lipinski definition) is 2. The molecular weight excluding hydrogens is 428 g/mol. The Bertz CT molecular complexity index is 649. The maximum atomic E-state index is 12.9. The van der Waals surface area contributed by atoms with Crippen molar-refractivity contribution in [2.24, 2.45) is 0 Å². The van der Waals surface area contributed by atoms with Crippen LogP contribution in [0.15, 0.2) is 40.9 Å². The predicted octanol–water partition coefficient (Wildman–Crippen LogP) is 4.15. The van der Waals surface area contributed by atoms with E-state index in [4.69, 9.17) is 0 Å². The van der Waals surface area contributed by atoms with Crippen LogP contribution in [-0.4, -0.2) is 11.0 Å². The monoisotopic (exact) mass is 435 g/mol. The van der Waals surface area contributed by atoms with E-state index in [0.717, 1.165) is 0 Å². The Morgan fingerprint density at radius 2 is 2.00 bits per heavy atom. The quantitative estimate of drug-likeness (QED) is 0.696. The second-order valence-corrected chi connectivity index (χ2v) is 5.76. The van der Waals surface area contributed by atoms with Crippen molar-refractivity contribution in [1.29, 1.82) is 0 Å². The summed E-state index contributed by atoms with van der Waals surface area (Å²) in [6.07, 6.45) is 0. The summed E-state index contributed by atoms with van der Waals surface area (Å²) in [5, 5.41) is 12.2. The molecule has 2 N–H and O–H groups in total. The molecule has 0 aliphatic rings. The Morgan fingerprint density at radius 3 is 2.63 bits per heavy atom. The zero-order chi connectivity index (χ0) is 14.0. The third-order valence-corrected chi connectivity index (χ3v) is 3.95. The van der Waals surface area contributed by atoms with E-state index in [1.165, 1.54) is 24.3 Å². The zero-order valence-corrected chi connectivity index (χ0v) is 13.2. The fourth-order valence-electron chi connectivity index (χ4n) is 1.44. The van der Waals surface area contributed by atoms with Gasteiger partial charge in [0.1, 0.15) is 11.6 Å². The Morgan fingerprint density at radius 1 is 1.26 bits per heavy atom. The first-order valence-corrected chi connectivity index (χ1v) is 7.09. The van der Waals surface area contributed by atoms with Gasteiger partial charge >= 0.3 is 0 Å². The Labute approximate surface area is 131 Å². The number of nitrogens with one attached hydrogen (secondary N) is 1. The number of aromatic hydroxyl groups is 1. The van der Waals surface area contributed by atoms with Gasteiger partial charge in [0, 0.05) is 9.13 Å². The summed E-state index contributed by atoms with van der Waals surface area (Å²) in [5.74, 6) is -0.738. The number of rotatable bonds is 2. The molecule has 0 aliphatic heterocycles. The lowest BCUT2D eigenvalue weighted by atomic mass is 10.2. The van der Waals surface area contributed by atoms with E-state index in [1.807, 2.05) is 22.6 Å². The second-order valence-electron chi connectivity index (χ2n) is 3.74. The van der Waals surface area contributed by atoms with E-state index in [9.17, 15) is 14.3 Å².